The molecule has 3 atom stereocenters. The largest absolute Gasteiger partial charge is 0.357 e. The highest BCUT2D eigenvalue weighted by Crippen LogP contribution is 2.32. The lowest BCUT2D eigenvalue weighted by Gasteiger charge is -2.23. The fourth-order valence-corrected chi connectivity index (χ4v) is 2.55. The van der Waals surface area contributed by atoms with Gasteiger partial charge in [0.05, 0.1) is 6.10 Å². The van der Waals surface area contributed by atoms with Crippen LogP contribution >= 0.6 is 0 Å². The van der Waals surface area contributed by atoms with E-state index >= 15 is 0 Å². The number of carbonyl (C=O) groups is 2. The highest BCUT2D eigenvalue weighted by atomic mass is 16.6. The normalized spacial score (nSPS) is 31.6. The number of fused-ring (bicyclic) bond motifs is 1. The van der Waals surface area contributed by atoms with Gasteiger partial charge >= 0.3 is 6.03 Å². The Kier molecular flexibility index (Phi) is 3.11. The lowest BCUT2D eigenvalue weighted by molar-refractivity contribution is -0.0723. The Balaban J connectivity index is 1.56. The summed E-state index contributed by atoms with van der Waals surface area (Å²) < 4.78 is 11.0. The van der Waals surface area contributed by atoms with E-state index in [1.165, 1.54) is 7.11 Å². The summed E-state index contributed by atoms with van der Waals surface area (Å²) in [6, 6.07) is 3.13. The topological polar surface area (TPSA) is 104 Å². The zero-order valence-corrected chi connectivity index (χ0v) is 10.9. The Hall–Kier alpha value is -2.06. The number of rotatable bonds is 4. The van der Waals surface area contributed by atoms with Crippen LogP contribution in [0.2, 0.25) is 0 Å². The van der Waals surface area contributed by atoms with Crippen LogP contribution in [0.4, 0.5) is 4.79 Å². The molecule has 1 aromatic heterocycles. The number of carbonyl (C=O) groups excluding carboxylic acids is 2. The van der Waals surface area contributed by atoms with Gasteiger partial charge in [-0.15, -0.1) is 0 Å². The Morgan fingerprint density at radius 2 is 2.50 bits per heavy atom. The van der Waals surface area contributed by atoms with Gasteiger partial charge in [-0.3, -0.25) is 4.79 Å². The zero-order valence-electron chi connectivity index (χ0n) is 10.9. The molecule has 2 aliphatic rings. The minimum absolute atomic E-state index is 0.195. The van der Waals surface area contributed by atoms with E-state index in [4.69, 9.17) is 9.47 Å². The quantitative estimate of drug-likeness (QED) is 0.597. The Bertz CT molecular complexity index is 518. The predicted molar refractivity (Wildman–Crippen MR) is 67.8 cm³/mol. The van der Waals surface area contributed by atoms with Gasteiger partial charge in [0.25, 0.3) is 5.91 Å². The number of aromatic nitrogens is 1. The SMILES string of the molecule is CO[C@@]12C[C@H](CNC(=O)c3ccc[nH]3)O[C@@H]1NC(=O)N2. The van der Waals surface area contributed by atoms with Crippen LogP contribution in [-0.2, 0) is 9.47 Å². The summed E-state index contributed by atoms with van der Waals surface area (Å²) in [6.07, 6.45) is 1.39. The first-order valence-electron chi connectivity index (χ1n) is 6.34. The molecule has 1 aromatic rings. The third-order valence-electron chi connectivity index (χ3n) is 3.57. The van der Waals surface area contributed by atoms with Crippen molar-refractivity contribution in [1.29, 1.82) is 0 Å². The predicted octanol–water partition coefficient (Wildman–Crippen LogP) is -0.485. The molecule has 0 saturated carbocycles. The van der Waals surface area contributed by atoms with Gasteiger partial charge in [0.2, 0.25) is 0 Å². The average molecular weight is 280 g/mol. The van der Waals surface area contributed by atoms with Crippen LogP contribution in [0, 0.1) is 0 Å². The minimum atomic E-state index is -0.848. The van der Waals surface area contributed by atoms with Crippen molar-refractivity contribution < 1.29 is 19.1 Å². The molecular weight excluding hydrogens is 264 g/mol. The Morgan fingerprint density at radius 3 is 3.15 bits per heavy atom. The van der Waals surface area contributed by atoms with E-state index < -0.39 is 12.0 Å². The number of aromatic amines is 1. The van der Waals surface area contributed by atoms with Crippen molar-refractivity contribution in [2.24, 2.45) is 0 Å². The second kappa shape index (κ2) is 4.80. The van der Waals surface area contributed by atoms with E-state index in [0.717, 1.165) is 0 Å². The van der Waals surface area contributed by atoms with Gasteiger partial charge in [0.15, 0.2) is 12.0 Å². The van der Waals surface area contributed by atoms with Crippen LogP contribution in [0.5, 0.6) is 0 Å². The first kappa shape index (κ1) is 12.9. The number of methoxy groups -OCH3 is 1. The van der Waals surface area contributed by atoms with Crippen molar-refractivity contribution in [2.75, 3.05) is 13.7 Å². The molecule has 108 valence electrons. The molecule has 3 amide bonds. The standard InChI is InChI=1S/C12H16N4O4/c1-19-12-5-7(20-10(12)15-11(18)16-12)6-14-9(17)8-3-2-4-13-8/h2-4,7,10,13H,5-6H2,1H3,(H,14,17)(H2,15,16,18)/t7-,10+,12+/m1/s1. The summed E-state index contributed by atoms with van der Waals surface area (Å²) >= 11 is 0. The molecule has 2 saturated heterocycles. The monoisotopic (exact) mass is 280 g/mol. The van der Waals surface area contributed by atoms with Crippen molar-refractivity contribution in [3.63, 3.8) is 0 Å². The summed E-state index contributed by atoms with van der Waals surface area (Å²) in [7, 11) is 1.52. The summed E-state index contributed by atoms with van der Waals surface area (Å²) in [5.41, 5.74) is -0.352. The molecule has 0 aromatic carbocycles. The van der Waals surface area contributed by atoms with Crippen LogP contribution in [-0.4, -0.2) is 48.6 Å². The third kappa shape index (κ3) is 2.12. The van der Waals surface area contributed by atoms with Gasteiger partial charge in [-0.1, -0.05) is 0 Å². The van der Waals surface area contributed by atoms with Gasteiger partial charge in [-0.2, -0.15) is 0 Å². The molecule has 0 unspecified atom stereocenters. The summed E-state index contributed by atoms with van der Waals surface area (Å²) in [6.45, 7) is 0.344. The number of ether oxygens (including phenoxy) is 2. The number of amides is 3. The van der Waals surface area contributed by atoms with Crippen LogP contribution < -0.4 is 16.0 Å². The van der Waals surface area contributed by atoms with Crippen LogP contribution in [0.1, 0.15) is 16.9 Å². The highest BCUT2D eigenvalue weighted by molar-refractivity contribution is 5.92. The number of hydrogen-bond donors (Lipinski definition) is 4. The van der Waals surface area contributed by atoms with Crippen molar-refractivity contribution in [3.8, 4) is 0 Å². The molecule has 2 fully saturated rings. The van der Waals surface area contributed by atoms with Gasteiger partial charge in [-0.05, 0) is 12.1 Å². The number of H-pyrrole nitrogens is 1. The third-order valence-corrected chi connectivity index (χ3v) is 3.57. The molecule has 3 heterocycles. The van der Waals surface area contributed by atoms with Gasteiger partial charge in [-0.25, -0.2) is 4.79 Å². The highest BCUT2D eigenvalue weighted by Gasteiger charge is 2.55. The molecule has 20 heavy (non-hydrogen) atoms. The van der Waals surface area contributed by atoms with E-state index in [0.29, 0.717) is 18.7 Å². The number of nitrogens with one attached hydrogen (secondary N) is 4. The van der Waals surface area contributed by atoms with Crippen LogP contribution in [0.15, 0.2) is 18.3 Å². The molecular formula is C12H16N4O4. The molecule has 2 aliphatic heterocycles. The second-order valence-electron chi connectivity index (χ2n) is 4.83. The van der Waals surface area contributed by atoms with Crippen molar-refractivity contribution in [1.82, 2.24) is 20.9 Å². The van der Waals surface area contributed by atoms with E-state index in [1.807, 2.05) is 0 Å². The van der Waals surface area contributed by atoms with E-state index in [-0.39, 0.29) is 18.0 Å². The Labute approximate surface area is 115 Å². The van der Waals surface area contributed by atoms with Crippen LogP contribution in [0.25, 0.3) is 0 Å². The fourth-order valence-electron chi connectivity index (χ4n) is 2.55. The Morgan fingerprint density at radius 1 is 1.65 bits per heavy atom. The van der Waals surface area contributed by atoms with Gasteiger partial charge < -0.3 is 30.4 Å². The first-order valence-corrected chi connectivity index (χ1v) is 6.34. The zero-order chi connectivity index (χ0) is 14.2. The first-order chi connectivity index (χ1) is 9.63. The van der Waals surface area contributed by atoms with E-state index in [2.05, 4.69) is 20.9 Å². The van der Waals surface area contributed by atoms with Crippen molar-refractivity contribution in [2.45, 2.75) is 24.5 Å². The molecule has 0 radical (unpaired) electrons. The van der Waals surface area contributed by atoms with E-state index in [9.17, 15) is 9.59 Å². The maximum atomic E-state index is 11.8. The molecule has 8 nitrogen and oxygen atoms in total. The number of hydrogen-bond acceptors (Lipinski definition) is 4. The fraction of sp³-hybridized carbons (Fsp3) is 0.500. The van der Waals surface area contributed by atoms with Gasteiger partial charge in [0, 0.05) is 26.3 Å². The molecule has 0 bridgehead atoms. The molecule has 4 N–H and O–H groups in total. The molecule has 8 heteroatoms. The van der Waals surface area contributed by atoms with Crippen molar-refractivity contribution >= 4 is 11.9 Å². The van der Waals surface area contributed by atoms with E-state index in [1.54, 1.807) is 18.3 Å². The maximum absolute atomic E-state index is 11.8. The summed E-state index contributed by atoms with van der Waals surface area (Å²) in [5.74, 6) is -0.195. The minimum Gasteiger partial charge on any atom is -0.357 e. The lowest BCUT2D eigenvalue weighted by Crippen LogP contribution is -2.48. The maximum Gasteiger partial charge on any atom is 0.319 e. The average Bonchev–Trinajstić information content (AvgIpc) is 3.09. The summed E-state index contributed by atoms with van der Waals surface area (Å²) in [4.78, 5) is 25.9. The summed E-state index contributed by atoms with van der Waals surface area (Å²) in [5, 5.41) is 8.12. The molecule has 0 aliphatic carbocycles. The number of urea groups is 1. The lowest BCUT2D eigenvalue weighted by atomic mass is 10.1. The smallest absolute Gasteiger partial charge is 0.319 e. The molecule has 3 rings (SSSR count). The van der Waals surface area contributed by atoms with Crippen LogP contribution in [0.3, 0.4) is 0 Å². The van der Waals surface area contributed by atoms with Gasteiger partial charge in [0.1, 0.15) is 5.69 Å². The second-order valence-corrected chi connectivity index (χ2v) is 4.83. The molecule has 0 spiro atoms. The van der Waals surface area contributed by atoms with Crippen molar-refractivity contribution in [3.05, 3.63) is 24.0 Å².